The van der Waals surface area contributed by atoms with Crippen molar-refractivity contribution in [2.75, 3.05) is 47.5 Å². The third-order valence-corrected chi connectivity index (χ3v) is 11.7. The molecule has 10 heteroatoms. The number of likely N-dealkylation sites (N-methyl/N-ethyl adjacent to an activating group) is 1. The van der Waals surface area contributed by atoms with Crippen molar-refractivity contribution in [3.63, 3.8) is 0 Å². The Bertz CT molecular complexity index is 1850. The van der Waals surface area contributed by atoms with E-state index in [2.05, 4.69) is 184 Å². The standard InChI is InChI=1S/C64H100NO8P/c1-6-8-10-12-14-16-18-20-22-24-25-26-27-28-29-30-31-32-33-34-35-36-37-38-39-41-43-45-47-49-51-53-55-57-64(67)73-62(61-72-74(68,69)71-59-58-65(3,4)5)60-70-63(66)56-54-52-50-48-46-44-42-40-23-21-19-17-15-13-11-9-7-2/h8-11,14-17,20-23,25-26,28-29,31-32,34-35,37-38,41-44,47,49,62H,6-7,12-13,18-19,24,27,30,33,36,39-40,45-46,48,50-61H2,1-5H3/p+1/b10-8-,11-9-,16-14-,17-15-,22-20-,23-21-,26-25-,29-28-,32-31-,35-34-,38-37-,43-41-,44-42-,49-47-. The Morgan fingerprint density at radius 3 is 1.09 bits per heavy atom. The van der Waals surface area contributed by atoms with Gasteiger partial charge >= 0.3 is 19.8 Å². The Hall–Kier alpha value is -4.63. The largest absolute Gasteiger partial charge is 0.472 e. The molecule has 0 saturated heterocycles. The lowest BCUT2D eigenvalue weighted by molar-refractivity contribution is -0.870. The van der Waals surface area contributed by atoms with Crippen LogP contribution in [0, 0.1) is 0 Å². The lowest BCUT2D eigenvalue weighted by atomic mass is 10.1. The van der Waals surface area contributed by atoms with Crippen molar-refractivity contribution >= 4 is 19.8 Å². The number of carbonyl (C=O) groups excluding carboxylic acids is 2. The number of phosphoric ester groups is 1. The minimum absolute atomic E-state index is 0.00792. The van der Waals surface area contributed by atoms with Crippen LogP contribution in [0.1, 0.15) is 168 Å². The van der Waals surface area contributed by atoms with Crippen LogP contribution < -0.4 is 0 Å². The number of nitrogens with zero attached hydrogens (tertiary/aromatic N) is 1. The summed E-state index contributed by atoms with van der Waals surface area (Å²) in [6, 6.07) is 0. The van der Waals surface area contributed by atoms with Gasteiger partial charge in [-0.25, -0.2) is 4.57 Å². The van der Waals surface area contributed by atoms with Crippen molar-refractivity contribution in [3.8, 4) is 0 Å². The van der Waals surface area contributed by atoms with Gasteiger partial charge in [0.2, 0.25) is 0 Å². The molecule has 0 saturated carbocycles. The maximum absolute atomic E-state index is 12.8. The van der Waals surface area contributed by atoms with E-state index in [1.807, 2.05) is 21.1 Å². The molecule has 0 heterocycles. The molecule has 0 aromatic rings. The van der Waals surface area contributed by atoms with Crippen LogP contribution in [0.2, 0.25) is 0 Å². The second kappa shape index (κ2) is 53.2. The molecule has 0 amide bonds. The summed E-state index contributed by atoms with van der Waals surface area (Å²) in [6.07, 6.45) is 81.4. The fraction of sp³-hybridized carbons (Fsp3) is 0.531. The zero-order valence-corrected chi connectivity index (χ0v) is 47.6. The van der Waals surface area contributed by atoms with Gasteiger partial charge in [-0.15, -0.1) is 0 Å². The summed E-state index contributed by atoms with van der Waals surface area (Å²) in [5.41, 5.74) is 0. The van der Waals surface area contributed by atoms with Gasteiger partial charge < -0.3 is 18.9 Å². The number of unbranched alkanes of at least 4 members (excludes halogenated alkanes) is 6. The number of hydrogen-bond acceptors (Lipinski definition) is 7. The molecule has 0 aliphatic heterocycles. The summed E-state index contributed by atoms with van der Waals surface area (Å²) in [5, 5.41) is 0. The Kier molecular flexibility index (Phi) is 49.9. The van der Waals surface area contributed by atoms with E-state index in [1.165, 1.54) is 0 Å². The number of esters is 2. The summed E-state index contributed by atoms with van der Waals surface area (Å²) in [5.74, 6) is -0.895. The Morgan fingerprint density at radius 2 is 0.730 bits per heavy atom. The molecule has 0 bridgehead atoms. The third kappa shape index (κ3) is 56.7. The van der Waals surface area contributed by atoms with E-state index in [9.17, 15) is 19.0 Å². The number of rotatable bonds is 48. The van der Waals surface area contributed by atoms with E-state index in [-0.39, 0.29) is 26.1 Å². The number of ether oxygens (including phenoxy) is 2. The summed E-state index contributed by atoms with van der Waals surface area (Å²) in [6.45, 7) is 4.08. The Balaban J connectivity index is 4.36. The maximum Gasteiger partial charge on any atom is 0.472 e. The average molecular weight is 1040 g/mol. The van der Waals surface area contributed by atoms with Gasteiger partial charge in [0.25, 0.3) is 0 Å². The molecule has 0 aliphatic rings. The molecule has 0 spiro atoms. The highest BCUT2D eigenvalue weighted by atomic mass is 31.2. The summed E-state index contributed by atoms with van der Waals surface area (Å²) < 4.78 is 34.4. The second-order valence-electron chi connectivity index (χ2n) is 18.8. The van der Waals surface area contributed by atoms with Gasteiger partial charge in [-0.05, 0) is 128 Å². The first-order chi connectivity index (χ1) is 36.0. The number of phosphoric acid groups is 1. The van der Waals surface area contributed by atoms with Crippen LogP contribution in [0.3, 0.4) is 0 Å². The van der Waals surface area contributed by atoms with Crippen molar-refractivity contribution < 1.29 is 42.1 Å². The highest BCUT2D eigenvalue weighted by molar-refractivity contribution is 7.47. The zero-order valence-electron chi connectivity index (χ0n) is 46.7. The van der Waals surface area contributed by atoms with E-state index in [1.54, 1.807) is 0 Å². The van der Waals surface area contributed by atoms with Crippen molar-refractivity contribution in [1.29, 1.82) is 0 Å². The first kappa shape index (κ1) is 69.4. The van der Waals surface area contributed by atoms with Gasteiger partial charge in [0, 0.05) is 12.8 Å². The van der Waals surface area contributed by atoms with E-state index in [0.29, 0.717) is 23.9 Å². The molecule has 2 unspecified atom stereocenters. The highest BCUT2D eigenvalue weighted by Gasteiger charge is 2.27. The van der Waals surface area contributed by atoms with Crippen LogP contribution in [-0.2, 0) is 32.7 Å². The normalized spacial score (nSPS) is 14.6. The molecular weight excluding hydrogens is 942 g/mol. The van der Waals surface area contributed by atoms with E-state index in [4.69, 9.17) is 18.5 Å². The van der Waals surface area contributed by atoms with Gasteiger partial charge in [0.05, 0.1) is 27.7 Å². The number of allylic oxidation sites excluding steroid dienone is 28. The number of carbonyl (C=O) groups is 2. The van der Waals surface area contributed by atoms with Gasteiger partial charge in [0.1, 0.15) is 19.8 Å². The minimum atomic E-state index is -4.42. The molecule has 74 heavy (non-hydrogen) atoms. The first-order valence-corrected chi connectivity index (χ1v) is 29.4. The number of hydrogen-bond donors (Lipinski definition) is 1. The molecule has 0 fully saturated rings. The summed E-state index contributed by atoms with van der Waals surface area (Å²) >= 11 is 0. The summed E-state index contributed by atoms with van der Waals surface area (Å²) in [7, 11) is 1.40. The fourth-order valence-electron chi connectivity index (χ4n) is 6.50. The summed E-state index contributed by atoms with van der Waals surface area (Å²) in [4.78, 5) is 35.6. The van der Waals surface area contributed by atoms with Crippen LogP contribution in [0.15, 0.2) is 170 Å². The van der Waals surface area contributed by atoms with Crippen LogP contribution in [0.4, 0.5) is 0 Å². The Morgan fingerprint density at radius 1 is 0.419 bits per heavy atom. The molecule has 0 radical (unpaired) electrons. The molecular formula is C64H101NO8P+. The van der Waals surface area contributed by atoms with Gasteiger partial charge in [-0.3, -0.25) is 18.6 Å². The van der Waals surface area contributed by atoms with E-state index < -0.39 is 32.5 Å². The van der Waals surface area contributed by atoms with Gasteiger partial charge in [0.15, 0.2) is 6.10 Å². The lowest BCUT2D eigenvalue weighted by Crippen LogP contribution is -2.37. The monoisotopic (exact) mass is 1040 g/mol. The molecule has 1 N–H and O–H groups in total. The quantitative estimate of drug-likeness (QED) is 0.0211. The Labute approximate surface area is 451 Å². The molecule has 414 valence electrons. The number of quaternary nitrogens is 1. The lowest BCUT2D eigenvalue weighted by Gasteiger charge is -2.24. The average Bonchev–Trinajstić information content (AvgIpc) is 3.36. The zero-order chi connectivity index (χ0) is 54.2. The molecule has 0 aliphatic carbocycles. The SMILES string of the molecule is CC/C=C\C/C=C\C/C=C\C/C=C\C/C=C\C/C=C\C/C=C\C/C=C\C/C=C\C/C=C\CCCCC(=O)OC(COC(=O)CCCCCC/C=C\C/C=C\C/C=C\C/C=C\CC)COP(=O)(O)OCC[N+](C)(C)C. The van der Waals surface area contributed by atoms with Crippen LogP contribution in [0.25, 0.3) is 0 Å². The van der Waals surface area contributed by atoms with Crippen molar-refractivity contribution in [1.82, 2.24) is 0 Å². The molecule has 2 atom stereocenters. The van der Waals surface area contributed by atoms with Gasteiger partial charge in [-0.2, -0.15) is 0 Å². The van der Waals surface area contributed by atoms with E-state index in [0.717, 1.165) is 128 Å². The van der Waals surface area contributed by atoms with Crippen LogP contribution >= 0.6 is 7.82 Å². The molecule has 0 aromatic carbocycles. The van der Waals surface area contributed by atoms with Crippen molar-refractivity contribution in [3.05, 3.63) is 170 Å². The molecule has 0 aromatic heterocycles. The van der Waals surface area contributed by atoms with Crippen LogP contribution in [-0.4, -0.2) is 74.9 Å². The molecule has 0 rings (SSSR count). The second-order valence-corrected chi connectivity index (χ2v) is 20.3. The third-order valence-electron chi connectivity index (χ3n) is 10.7. The predicted molar refractivity (Wildman–Crippen MR) is 316 cm³/mol. The molecule has 9 nitrogen and oxygen atoms in total. The minimum Gasteiger partial charge on any atom is -0.462 e. The fourth-order valence-corrected chi connectivity index (χ4v) is 7.24. The van der Waals surface area contributed by atoms with Crippen LogP contribution in [0.5, 0.6) is 0 Å². The smallest absolute Gasteiger partial charge is 0.462 e. The van der Waals surface area contributed by atoms with Crippen molar-refractivity contribution in [2.24, 2.45) is 0 Å². The topological polar surface area (TPSA) is 108 Å². The highest BCUT2D eigenvalue weighted by Crippen LogP contribution is 2.43. The predicted octanol–water partition coefficient (Wildman–Crippen LogP) is 17.5. The van der Waals surface area contributed by atoms with Crippen molar-refractivity contribution in [2.45, 2.75) is 174 Å². The van der Waals surface area contributed by atoms with E-state index >= 15 is 0 Å². The van der Waals surface area contributed by atoms with Gasteiger partial charge in [-0.1, -0.05) is 197 Å². The maximum atomic E-state index is 12.8. The first-order valence-electron chi connectivity index (χ1n) is 27.9.